The molecule has 0 saturated carbocycles. The zero-order valence-corrected chi connectivity index (χ0v) is 8.85. The SMILES string of the molecule is CC(C)CNC(=O)[C@@H](C)C(C)C. The van der Waals surface area contributed by atoms with Crippen molar-refractivity contribution in [1.82, 2.24) is 5.32 Å². The van der Waals surface area contributed by atoms with Crippen molar-refractivity contribution in [3.63, 3.8) is 0 Å². The van der Waals surface area contributed by atoms with Crippen LogP contribution < -0.4 is 5.32 Å². The van der Waals surface area contributed by atoms with Gasteiger partial charge < -0.3 is 5.32 Å². The van der Waals surface area contributed by atoms with E-state index in [0.717, 1.165) is 6.54 Å². The van der Waals surface area contributed by atoms with Crippen molar-refractivity contribution in [2.75, 3.05) is 6.54 Å². The molecule has 1 N–H and O–H groups in total. The van der Waals surface area contributed by atoms with E-state index in [1.54, 1.807) is 0 Å². The van der Waals surface area contributed by atoms with E-state index in [9.17, 15) is 4.79 Å². The molecule has 72 valence electrons. The van der Waals surface area contributed by atoms with E-state index in [-0.39, 0.29) is 11.8 Å². The van der Waals surface area contributed by atoms with Gasteiger partial charge in [-0.3, -0.25) is 4.79 Å². The molecule has 12 heavy (non-hydrogen) atoms. The van der Waals surface area contributed by atoms with Gasteiger partial charge in [-0.05, 0) is 11.8 Å². The Morgan fingerprint density at radius 3 is 2.00 bits per heavy atom. The Balaban J connectivity index is 3.72. The maximum absolute atomic E-state index is 11.4. The topological polar surface area (TPSA) is 29.1 Å². The van der Waals surface area contributed by atoms with Crippen molar-refractivity contribution in [2.24, 2.45) is 17.8 Å². The third-order valence-corrected chi connectivity index (χ3v) is 2.10. The van der Waals surface area contributed by atoms with Crippen LogP contribution in [0, 0.1) is 17.8 Å². The van der Waals surface area contributed by atoms with Crippen LogP contribution >= 0.6 is 0 Å². The van der Waals surface area contributed by atoms with Crippen LogP contribution in [-0.4, -0.2) is 12.5 Å². The zero-order chi connectivity index (χ0) is 9.72. The highest BCUT2D eigenvalue weighted by molar-refractivity contribution is 5.78. The van der Waals surface area contributed by atoms with Gasteiger partial charge in [0, 0.05) is 12.5 Å². The van der Waals surface area contributed by atoms with Gasteiger partial charge in [-0.2, -0.15) is 0 Å². The molecule has 0 aromatic heterocycles. The Labute approximate surface area is 75.7 Å². The quantitative estimate of drug-likeness (QED) is 0.689. The number of amides is 1. The molecule has 2 heteroatoms. The van der Waals surface area contributed by atoms with Gasteiger partial charge in [-0.25, -0.2) is 0 Å². The van der Waals surface area contributed by atoms with Crippen molar-refractivity contribution < 1.29 is 4.79 Å². The molecule has 0 aliphatic heterocycles. The summed E-state index contributed by atoms with van der Waals surface area (Å²) < 4.78 is 0. The summed E-state index contributed by atoms with van der Waals surface area (Å²) in [6, 6.07) is 0. The summed E-state index contributed by atoms with van der Waals surface area (Å²) in [7, 11) is 0. The van der Waals surface area contributed by atoms with Crippen molar-refractivity contribution in [2.45, 2.75) is 34.6 Å². The molecule has 0 spiro atoms. The van der Waals surface area contributed by atoms with E-state index in [1.165, 1.54) is 0 Å². The fourth-order valence-corrected chi connectivity index (χ4v) is 0.768. The van der Waals surface area contributed by atoms with Crippen molar-refractivity contribution in [3.8, 4) is 0 Å². The van der Waals surface area contributed by atoms with Gasteiger partial charge in [-0.15, -0.1) is 0 Å². The van der Waals surface area contributed by atoms with E-state index in [4.69, 9.17) is 0 Å². The summed E-state index contributed by atoms with van der Waals surface area (Å²) >= 11 is 0. The fourth-order valence-electron chi connectivity index (χ4n) is 0.768. The molecule has 0 aliphatic carbocycles. The minimum atomic E-state index is 0.128. The van der Waals surface area contributed by atoms with Crippen LogP contribution in [0.25, 0.3) is 0 Å². The molecular formula is C10H21NO. The van der Waals surface area contributed by atoms with Crippen LogP contribution in [0.2, 0.25) is 0 Å². The predicted octanol–water partition coefficient (Wildman–Crippen LogP) is 2.05. The molecular weight excluding hydrogens is 150 g/mol. The van der Waals surface area contributed by atoms with Crippen molar-refractivity contribution >= 4 is 5.91 Å². The highest BCUT2D eigenvalue weighted by Crippen LogP contribution is 2.09. The number of rotatable bonds is 4. The summed E-state index contributed by atoms with van der Waals surface area (Å²) in [5.74, 6) is 1.27. The summed E-state index contributed by atoms with van der Waals surface area (Å²) in [5.41, 5.74) is 0. The molecule has 1 amide bonds. The average Bonchev–Trinajstić information content (AvgIpc) is 1.98. The van der Waals surface area contributed by atoms with E-state index < -0.39 is 0 Å². The van der Waals surface area contributed by atoms with Gasteiger partial charge in [-0.1, -0.05) is 34.6 Å². The smallest absolute Gasteiger partial charge is 0.223 e. The summed E-state index contributed by atoms with van der Waals surface area (Å²) in [6.45, 7) is 11.1. The van der Waals surface area contributed by atoms with E-state index in [1.807, 2.05) is 6.92 Å². The second-order valence-corrected chi connectivity index (χ2v) is 4.17. The van der Waals surface area contributed by atoms with Crippen molar-refractivity contribution in [1.29, 1.82) is 0 Å². The van der Waals surface area contributed by atoms with E-state index in [2.05, 4.69) is 33.0 Å². The van der Waals surface area contributed by atoms with E-state index >= 15 is 0 Å². The lowest BCUT2D eigenvalue weighted by molar-refractivity contribution is -0.125. The minimum absolute atomic E-state index is 0.128. The second kappa shape index (κ2) is 5.18. The number of hydrogen-bond acceptors (Lipinski definition) is 1. The normalized spacial score (nSPS) is 13.6. The molecule has 0 aliphatic rings. The molecule has 0 fully saturated rings. The molecule has 0 radical (unpaired) electrons. The maximum Gasteiger partial charge on any atom is 0.223 e. The van der Waals surface area contributed by atoms with E-state index in [0.29, 0.717) is 11.8 Å². The van der Waals surface area contributed by atoms with Gasteiger partial charge in [0.25, 0.3) is 0 Å². The second-order valence-electron chi connectivity index (χ2n) is 4.17. The molecule has 1 atom stereocenters. The Kier molecular flexibility index (Phi) is 4.95. The molecule has 0 rings (SSSR count). The first-order valence-corrected chi connectivity index (χ1v) is 4.72. The number of nitrogens with one attached hydrogen (secondary N) is 1. The molecule has 2 nitrogen and oxygen atoms in total. The molecule has 0 aromatic carbocycles. The standard InChI is InChI=1S/C10H21NO/c1-7(2)6-11-10(12)9(5)8(3)4/h7-9H,6H2,1-5H3,(H,11,12)/t9-/m0/s1. The van der Waals surface area contributed by atoms with Crippen LogP contribution in [0.1, 0.15) is 34.6 Å². The highest BCUT2D eigenvalue weighted by Gasteiger charge is 2.15. The first kappa shape index (κ1) is 11.5. The molecule has 0 saturated heterocycles. The molecule has 0 bridgehead atoms. The van der Waals surface area contributed by atoms with Gasteiger partial charge in [0.1, 0.15) is 0 Å². The number of carbonyl (C=O) groups is 1. The Morgan fingerprint density at radius 1 is 1.17 bits per heavy atom. The Bertz CT molecular complexity index is 141. The monoisotopic (exact) mass is 171 g/mol. The first-order chi connectivity index (χ1) is 5.45. The van der Waals surface area contributed by atoms with Crippen LogP contribution in [0.4, 0.5) is 0 Å². The van der Waals surface area contributed by atoms with Crippen molar-refractivity contribution in [3.05, 3.63) is 0 Å². The largest absolute Gasteiger partial charge is 0.356 e. The lowest BCUT2D eigenvalue weighted by Crippen LogP contribution is -2.34. The lowest BCUT2D eigenvalue weighted by Gasteiger charge is -2.16. The molecule has 0 aromatic rings. The molecule has 0 heterocycles. The molecule has 0 unspecified atom stereocenters. The summed E-state index contributed by atoms with van der Waals surface area (Å²) in [5, 5.41) is 2.92. The number of hydrogen-bond donors (Lipinski definition) is 1. The minimum Gasteiger partial charge on any atom is -0.356 e. The van der Waals surface area contributed by atoms with Crippen LogP contribution in [0.5, 0.6) is 0 Å². The summed E-state index contributed by atoms with van der Waals surface area (Å²) in [4.78, 5) is 11.4. The highest BCUT2D eigenvalue weighted by atomic mass is 16.1. The summed E-state index contributed by atoms with van der Waals surface area (Å²) in [6.07, 6.45) is 0. The zero-order valence-electron chi connectivity index (χ0n) is 8.85. The Morgan fingerprint density at radius 2 is 1.67 bits per heavy atom. The van der Waals surface area contributed by atoms with Gasteiger partial charge in [0.05, 0.1) is 0 Å². The lowest BCUT2D eigenvalue weighted by atomic mass is 9.97. The predicted molar refractivity (Wildman–Crippen MR) is 51.8 cm³/mol. The van der Waals surface area contributed by atoms with Gasteiger partial charge in [0.2, 0.25) is 5.91 Å². The van der Waals surface area contributed by atoms with Crippen LogP contribution in [0.3, 0.4) is 0 Å². The van der Waals surface area contributed by atoms with Gasteiger partial charge in [0.15, 0.2) is 0 Å². The van der Waals surface area contributed by atoms with Gasteiger partial charge >= 0.3 is 0 Å². The third-order valence-electron chi connectivity index (χ3n) is 2.10. The third kappa shape index (κ3) is 4.37. The maximum atomic E-state index is 11.4. The average molecular weight is 171 g/mol. The van der Waals surface area contributed by atoms with Crippen LogP contribution in [0.15, 0.2) is 0 Å². The fraction of sp³-hybridized carbons (Fsp3) is 0.900. The Hall–Kier alpha value is -0.530. The first-order valence-electron chi connectivity index (χ1n) is 4.72. The number of carbonyl (C=O) groups excluding carboxylic acids is 1. The van der Waals surface area contributed by atoms with Crippen LogP contribution in [-0.2, 0) is 4.79 Å².